The Bertz CT molecular complexity index is 864. The predicted molar refractivity (Wildman–Crippen MR) is 103 cm³/mol. The van der Waals surface area contributed by atoms with Crippen molar-refractivity contribution in [2.75, 3.05) is 19.0 Å². The maximum absolute atomic E-state index is 12.6. The number of sulfone groups is 1. The fraction of sp³-hybridized carbons (Fsp3) is 0.278. The van der Waals surface area contributed by atoms with Gasteiger partial charge in [0.05, 0.1) is 10.9 Å². The van der Waals surface area contributed by atoms with Crippen molar-refractivity contribution in [2.45, 2.75) is 24.8 Å². The maximum Gasteiger partial charge on any atom is 0.254 e. The molecule has 2 aromatic rings. The minimum Gasteiger partial charge on any atom is -0.398 e. The zero-order valence-electron chi connectivity index (χ0n) is 14.7. The number of carbonyl (C=O) groups is 1. The van der Waals surface area contributed by atoms with E-state index in [1.807, 2.05) is 19.9 Å². The molecule has 0 fully saturated rings. The van der Waals surface area contributed by atoms with Crippen LogP contribution < -0.4 is 5.73 Å². The SMILES string of the molecule is Cc1ccc(C(=O)N(C)C(C)c2ccc(S(C)(=O)=O)cc2)cc1N.Cl. The van der Waals surface area contributed by atoms with Crippen LogP contribution in [0.1, 0.15) is 34.5 Å². The summed E-state index contributed by atoms with van der Waals surface area (Å²) in [4.78, 5) is 14.5. The monoisotopic (exact) mass is 382 g/mol. The Kier molecular flexibility index (Phi) is 6.62. The number of amides is 1. The molecule has 0 heterocycles. The molecular weight excluding hydrogens is 360 g/mol. The van der Waals surface area contributed by atoms with Gasteiger partial charge in [0.25, 0.3) is 5.91 Å². The van der Waals surface area contributed by atoms with Gasteiger partial charge >= 0.3 is 0 Å². The molecule has 25 heavy (non-hydrogen) atoms. The summed E-state index contributed by atoms with van der Waals surface area (Å²) >= 11 is 0. The van der Waals surface area contributed by atoms with Gasteiger partial charge in [0.15, 0.2) is 9.84 Å². The molecule has 2 N–H and O–H groups in total. The van der Waals surface area contributed by atoms with Gasteiger partial charge in [-0.05, 0) is 49.2 Å². The lowest BCUT2D eigenvalue weighted by Gasteiger charge is -2.26. The molecule has 0 saturated carbocycles. The van der Waals surface area contributed by atoms with E-state index in [2.05, 4.69) is 0 Å². The number of benzene rings is 2. The van der Waals surface area contributed by atoms with Gasteiger partial charge in [-0.3, -0.25) is 4.79 Å². The van der Waals surface area contributed by atoms with E-state index in [1.165, 1.54) is 6.26 Å². The highest BCUT2D eigenvalue weighted by Gasteiger charge is 2.20. The fourth-order valence-electron chi connectivity index (χ4n) is 2.37. The van der Waals surface area contributed by atoms with Crippen LogP contribution in [0.4, 0.5) is 5.69 Å². The maximum atomic E-state index is 12.6. The summed E-state index contributed by atoms with van der Waals surface area (Å²) in [5, 5.41) is 0. The van der Waals surface area contributed by atoms with E-state index in [1.54, 1.807) is 48.3 Å². The van der Waals surface area contributed by atoms with Crippen LogP contribution in [0.5, 0.6) is 0 Å². The second-order valence-electron chi connectivity index (χ2n) is 6.00. The quantitative estimate of drug-likeness (QED) is 0.823. The Balaban J connectivity index is 0.00000312. The number of nitrogens with zero attached hydrogens (tertiary/aromatic N) is 1. The summed E-state index contributed by atoms with van der Waals surface area (Å²) in [6.45, 7) is 3.78. The van der Waals surface area contributed by atoms with Crippen molar-refractivity contribution in [1.29, 1.82) is 0 Å². The number of hydrogen-bond donors (Lipinski definition) is 1. The predicted octanol–water partition coefficient (Wildman–Crippen LogP) is 3.24. The lowest BCUT2D eigenvalue weighted by Crippen LogP contribution is -2.29. The van der Waals surface area contributed by atoms with Crippen molar-refractivity contribution in [1.82, 2.24) is 4.90 Å². The van der Waals surface area contributed by atoms with Gasteiger partial charge in [-0.2, -0.15) is 0 Å². The van der Waals surface area contributed by atoms with E-state index in [4.69, 9.17) is 5.73 Å². The third-order valence-corrected chi connectivity index (χ3v) is 5.35. The number of nitrogen functional groups attached to an aromatic ring is 1. The Hall–Kier alpha value is -2.05. The second kappa shape index (κ2) is 7.89. The Morgan fingerprint density at radius 3 is 2.16 bits per heavy atom. The van der Waals surface area contributed by atoms with Crippen LogP contribution in [0.15, 0.2) is 47.4 Å². The molecule has 0 radical (unpaired) electrons. The van der Waals surface area contributed by atoms with Gasteiger partial charge in [0.1, 0.15) is 0 Å². The summed E-state index contributed by atoms with van der Waals surface area (Å²) in [6.07, 6.45) is 1.17. The normalized spacial score (nSPS) is 12.2. The van der Waals surface area contributed by atoms with Gasteiger partial charge < -0.3 is 10.6 Å². The van der Waals surface area contributed by atoms with Crippen LogP contribution in [0.2, 0.25) is 0 Å². The zero-order valence-corrected chi connectivity index (χ0v) is 16.3. The van der Waals surface area contributed by atoms with Crippen LogP contribution >= 0.6 is 12.4 Å². The second-order valence-corrected chi connectivity index (χ2v) is 8.02. The molecule has 5 nitrogen and oxygen atoms in total. The lowest BCUT2D eigenvalue weighted by atomic mass is 10.1. The molecule has 0 saturated heterocycles. The van der Waals surface area contributed by atoms with Gasteiger partial charge in [-0.1, -0.05) is 18.2 Å². The summed E-state index contributed by atoms with van der Waals surface area (Å²) < 4.78 is 23.0. The minimum atomic E-state index is -3.23. The number of aryl methyl sites for hydroxylation is 1. The van der Waals surface area contributed by atoms with Crippen molar-refractivity contribution in [3.05, 3.63) is 59.2 Å². The number of hydrogen-bond acceptors (Lipinski definition) is 4. The van der Waals surface area contributed by atoms with Crippen molar-refractivity contribution in [3.8, 4) is 0 Å². The first kappa shape index (κ1) is 21.0. The van der Waals surface area contributed by atoms with Gasteiger partial charge in [0.2, 0.25) is 0 Å². The van der Waals surface area contributed by atoms with E-state index in [9.17, 15) is 13.2 Å². The molecule has 1 atom stereocenters. The van der Waals surface area contributed by atoms with Gasteiger partial charge in [-0.25, -0.2) is 8.42 Å². The Morgan fingerprint density at radius 1 is 1.12 bits per heavy atom. The largest absolute Gasteiger partial charge is 0.398 e. The Morgan fingerprint density at radius 2 is 1.68 bits per heavy atom. The third-order valence-electron chi connectivity index (χ3n) is 4.22. The molecule has 0 aromatic heterocycles. The number of nitrogens with two attached hydrogens (primary N) is 1. The fourth-order valence-corrected chi connectivity index (χ4v) is 3.00. The van der Waals surface area contributed by atoms with Crippen molar-refractivity contribution in [2.24, 2.45) is 0 Å². The van der Waals surface area contributed by atoms with Crippen molar-refractivity contribution >= 4 is 33.8 Å². The first-order valence-electron chi connectivity index (χ1n) is 7.54. The molecule has 0 aliphatic carbocycles. The van der Waals surface area contributed by atoms with Crippen molar-refractivity contribution < 1.29 is 13.2 Å². The molecule has 1 unspecified atom stereocenters. The van der Waals surface area contributed by atoms with Crippen LogP contribution in [0.3, 0.4) is 0 Å². The van der Waals surface area contributed by atoms with E-state index >= 15 is 0 Å². The molecule has 136 valence electrons. The number of rotatable bonds is 4. The number of halogens is 1. The summed E-state index contributed by atoms with van der Waals surface area (Å²) in [5.74, 6) is -0.138. The highest BCUT2D eigenvalue weighted by Crippen LogP contribution is 2.23. The van der Waals surface area contributed by atoms with Crippen LogP contribution in [-0.4, -0.2) is 32.5 Å². The summed E-state index contributed by atoms with van der Waals surface area (Å²) in [7, 11) is -1.51. The molecule has 0 spiro atoms. The average molecular weight is 383 g/mol. The van der Waals surface area contributed by atoms with Gasteiger partial charge in [0, 0.05) is 24.6 Å². The number of carbonyl (C=O) groups excluding carboxylic acids is 1. The number of anilines is 1. The average Bonchev–Trinajstić information content (AvgIpc) is 2.54. The molecule has 0 bridgehead atoms. The first-order valence-corrected chi connectivity index (χ1v) is 9.43. The molecule has 1 amide bonds. The van der Waals surface area contributed by atoms with E-state index in [0.29, 0.717) is 11.3 Å². The molecular formula is C18H23ClN2O3S. The van der Waals surface area contributed by atoms with E-state index in [-0.39, 0.29) is 29.3 Å². The highest BCUT2D eigenvalue weighted by molar-refractivity contribution is 7.90. The zero-order chi connectivity index (χ0) is 18.1. The molecule has 0 aliphatic rings. The minimum absolute atomic E-state index is 0. The smallest absolute Gasteiger partial charge is 0.254 e. The Labute approximate surface area is 155 Å². The van der Waals surface area contributed by atoms with E-state index in [0.717, 1.165) is 11.1 Å². The molecule has 2 aromatic carbocycles. The topological polar surface area (TPSA) is 80.5 Å². The summed E-state index contributed by atoms with van der Waals surface area (Å²) in [5.41, 5.74) is 8.78. The van der Waals surface area contributed by atoms with Crippen LogP contribution in [0.25, 0.3) is 0 Å². The van der Waals surface area contributed by atoms with Crippen LogP contribution in [0, 0.1) is 6.92 Å². The summed E-state index contributed by atoms with van der Waals surface area (Å²) in [6, 6.07) is 11.6. The molecule has 2 rings (SSSR count). The highest BCUT2D eigenvalue weighted by atomic mass is 35.5. The third kappa shape index (κ3) is 4.74. The van der Waals surface area contributed by atoms with Crippen LogP contribution in [-0.2, 0) is 9.84 Å². The van der Waals surface area contributed by atoms with E-state index < -0.39 is 9.84 Å². The first-order chi connectivity index (χ1) is 11.1. The lowest BCUT2D eigenvalue weighted by molar-refractivity contribution is 0.0742. The molecule has 7 heteroatoms. The van der Waals surface area contributed by atoms with Crippen molar-refractivity contribution in [3.63, 3.8) is 0 Å². The van der Waals surface area contributed by atoms with Gasteiger partial charge in [-0.15, -0.1) is 12.4 Å². The standard InChI is InChI=1S/C18H22N2O3S.ClH/c1-12-5-6-15(11-17(12)19)18(21)20(3)13(2)14-7-9-16(10-8-14)24(4,22)23;/h5-11,13H,19H2,1-4H3;1H. The molecule has 0 aliphatic heterocycles.